The van der Waals surface area contributed by atoms with Crippen LogP contribution in [0.2, 0.25) is 0 Å². The van der Waals surface area contributed by atoms with Crippen LogP contribution in [-0.2, 0) is 4.74 Å². The van der Waals surface area contributed by atoms with E-state index in [0.29, 0.717) is 6.61 Å². The molecule has 4 rings (SSSR count). The fraction of sp³-hybridized carbons (Fsp3) is 0.174. The van der Waals surface area contributed by atoms with Crippen molar-refractivity contribution in [3.8, 4) is 16.9 Å². The van der Waals surface area contributed by atoms with Crippen molar-refractivity contribution in [3.63, 3.8) is 0 Å². The number of hydrogen-bond donors (Lipinski definition) is 0. The summed E-state index contributed by atoms with van der Waals surface area (Å²) in [5.74, 6) is 0.786. The maximum Gasteiger partial charge on any atom is 0.418 e. The van der Waals surface area contributed by atoms with Crippen LogP contribution in [0.4, 0.5) is 4.79 Å². The third-order valence-electron chi connectivity index (χ3n) is 4.96. The third-order valence-corrected chi connectivity index (χ3v) is 5.45. The molecule has 3 aromatic carbocycles. The molecule has 0 amide bonds. The molecule has 0 unspecified atom stereocenters. The summed E-state index contributed by atoms with van der Waals surface area (Å²) in [6, 6.07) is 18.0. The first kappa shape index (κ1) is 18.6. The summed E-state index contributed by atoms with van der Waals surface area (Å²) in [5, 5.41) is 1.92. The number of nitrogens with zero attached hydrogens (tertiary/aromatic N) is 1. The molecule has 0 aliphatic carbocycles. The Morgan fingerprint density at radius 2 is 1.82 bits per heavy atom. The van der Waals surface area contributed by atoms with Gasteiger partial charge >= 0.3 is 6.09 Å². The maximum absolute atomic E-state index is 13.0. The van der Waals surface area contributed by atoms with E-state index in [1.165, 1.54) is 0 Å². The monoisotopic (exact) mass is 437 g/mol. The van der Waals surface area contributed by atoms with Crippen molar-refractivity contribution in [3.05, 3.63) is 64.6 Å². The first-order valence-electron chi connectivity index (χ1n) is 9.10. The molecule has 28 heavy (non-hydrogen) atoms. The molecular weight excluding hydrogens is 418 g/mol. The van der Waals surface area contributed by atoms with Gasteiger partial charge in [-0.3, -0.25) is 0 Å². The van der Waals surface area contributed by atoms with E-state index in [1.54, 1.807) is 11.7 Å². The summed E-state index contributed by atoms with van der Waals surface area (Å²) in [7, 11) is 1.67. The van der Waals surface area contributed by atoms with E-state index in [1.807, 2.05) is 68.4 Å². The fourth-order valence-electron chi connectivity index (χ4n) is 3.77. The Morgan fingerprint density at radius 1 is 1.07 bits per heavy atom. The van der Waals surface area contributed by atoms with Gasteiger partial charge in [-0.2, -0.15) is 0 Å². The molecule has 0 saturated heterocycles. The molecule has 4 nitrogen and oxygen atoms in total. The second kappa shape index (κ2) is 7.32. The first-order valence-corrected chi connectivity index (χ1v) is 9.90. The van der Waals surface area contributed by atoms with E-state index in [9.17, 15) is 4.79 Å². The standard InChI is InChI=1S/C23H20BrNO3/c1-4-28-23(26)25-19-11-10-16(24)12-17(19)18-13-20(27-3)14(2)21(22(18)25)15-8-6-5-7-9-15/h5-13H,4H2,1-3H3. The average molecular weight is 438 g/mol. The lowest BCUT2D eigenvalue weighted by molar-refractivity contribution is 0.156. The minimum atomic E-state index is -0.383. The van der Waals surface area contributed by atoms with Gasteiger partial charge in [0.25, 0.3) is 0 Å². The van der Waals surface area contributed by atoms with Gasteiger partial charge in [-0.15, -0.1) is 0 Å². The van der Waals surface area contributed by atoms with E-state index in [2.05, 4.69) is 15.9 Å². The minimum Gasteiger partial charge on any atom is -0.496 e. The Bertz CT molecular complexity index is 1200. The van der Waals surface area contributed by atoms with Crippen LogP contribution in [0.3, 0.4) is 0 Å². The Labute approximate surface area is 171 Å². The summed E-state index contributed by atoms with van der Waals surface area (Å²) in [6.45, 7) is 4.14. The van der Waals surface area contributed by atoms with Crippen molar-refractivity contribution < 1.29 is 14.3 Å². The molecule has 0 aliphatic rings. The van der Waals surface area contributed by atoms with Crippen molar-refractivity contribution in [2.45, 2.75) is 13.8 Å². The van der Waals surface area contributed by atoms with Gasteiger partial charge in [-0.25, -0.2) is 9.36 Å². The van der Waals surface area contributed by atoms with Crippen molar-refractivity contribution in [1.29, 1.82) is 0 Å². The van der Waals surface area contributed by atoms with Gasteiger partial charge in [0.2, 0.25) is 0 Å². The van der Waals surface area contributed by atoms with Gasteiger partial charge in [-0.05, 0) is 43.7 Å². The molecule has 0 aliphatic heterocycles. The number of benzene rings is 3. The molecule has 0 radical (unpaired) electrons. The first-order chi connectivity index (χ1) is 13.6. The van der Waals surface area contributed by atoms with Gasteiger partial charge in [0.1, 0.15) is 5.75 Å². The predicted molar refractivity (Wildman–Crippen MR) is 116 cm³/mol. The molecule has 0 fully saturated rings. The smallest absolute Gasteiger partial charge is 0.418 e. The van der Waals surface area contributed by atoms with Crippen molar-refractivity contribution in [1.82, 2.24) is 4.57 Å². The molecule has 4 aromatic rings. The number of rotatable bonds is 3. The molecule has 5 heteroatoms. The summed E-state index contributed by atoms with van der Waals surface area (Å²) in [4.78, 5) is 13.0. The predicted octanol–water partition coefficient (Wildman–Crippen LogP) is 6.55. The molecule has 0 N–H and O–H groups in total. The van der Waals surface area contributed by atoms with Crippen LogP contribution in [0.5, 0.6) is 5.75 Å². The van der Waals surface area contributed by atoms with E-state index in [4.69, 9.17) is 9.47 Å². The number of ether oxygens (including phenoxy) is 2. The average Bonchev–Trinajstić information content (AvgIpc) is 3.01. The lowest BCUT2D eigenvalue weighted by Crippen LogP contribution is -2.13. The number of fused-ring (bicyclic) bond motifs is 3. The van der Waals surface area contributed by atoms with Gasteiger partial charge in [-0.1, -0.05) is 46.3 Å². The van der Waals surface area contributed by atoms with Gasteiger partial charge in [0.05, 0.1) is 24.8 Å². The normalized spacial score (nSPS) is 11.1. The number of carbonyl (C=O) groups is 1. The Morgan fingerprint density at radius 3 is 2.50 bits per heavy atom. The van der Waals surface area contributed by atoms with Gasteiger partial charge in [0, 0.05) is 26.4 Å². The van der Waals surface area contributed by atoms with Gasteiger partial charge < -0.3 is 9.47 Å². The Kier molecular flexibility index (Phi) is 4.85. The van der Waals surface area contributed by atoms with Crippen molar-refractivity contribution >= 4 is 43.8 Å². The summed E-state index contributed by atoms with van der Waals surface area (Å²) < 4.78 is 13.7. The zero-order valence-electron chi connectivity index (χ0n) is 16.0. The van der Waals surface area contributed by atoms with Crippen molar-refractivity contribution in [2.24, 2.45) is 0 Å². The molecule has 1 aromatic heterocycles. The molecule has 1 heterocycles. The van der Waals surface area contributed by atoms with Gasteiger partial charge in [0.15, 0.2) is 0 Å². The van der Waals surface area contributed by atoms with Crippen molar-refractivity contribution in [2.75, 3.05) is 13.7 Å². The SMILES string of the molecule is CCOC(=O)n1c2ccc(Br)cc2c2cc(OC)c(C)c(-c3ccccc3)c21. The van der Waals surface area contributed by atoms with Crippen LogP contribution < -0.4 is 4.74 Å². The van der Waals surface area contributed by atoms with Crippen LogP contribution in [0.25, 0.3) is 32.9 Å². The van der Waals surface area contributed by atoms with E-state index >= 15 is 0 Å². The number of carbonyl (C=O) groups excluding carboxylic acids is 1. The topological polar surface area (TPSA) is 40.5 Å². The summed E-state index contributed by atoms with van der Waals surface area (Å²) in [6.07, 6.45) is -0.383. The number of hydrogen-bond acceptors (Lipinski definition) is 3. The zero-order chi connectivity index (χ0) is 19.8. The lowest BCUT2D eigenvalue weighted by atomic mass is 9.96. The molecule has 0 bridgehead atoms. The molecule has 0 saturated carbocycles. The highest BCUT2D eigenvalue weighted by Crippen LogP contribution is 2.42. The Balaban J connectivity index is 2.25. The third kappa shape index (κ3) is 2.87. The van der Waals surface area contributed by atoms with Crippen LogP contribution in [0, 0.1) is 6.92 Å². The molecular formula is C23H20BrNO3. The number of methoxy groups -OCH3 is 1. The maximum atomic E-state index is 13.0. The number of halogens is 1. The zero-order valence-corrected chi connectivity index (χ0v) is 17.5. The van der Waals surface area contributed by atoms with E-state index in [0.717, 1.165) is 48.7 Å². The second-order valence-electron chi connectivity index (χ2n) is 6.54. The summed E-state index contributed by atoms with van der Waals surface area (Å²) >= 11 is 3.55. The second-order valence-corrected chi connectivity index (χ2v) is 7.45. The van der Waals surface area contributed by atoms with Crippen LogP contribution in [0.15, 0.2) is 59.1 Å². The molecule has 142 valence electrons. The fourth-order valence-corrected chi connectivity index (χ4v) is 4.13. The minimum absolute atomic E-state index is 0.312. The van der Waals surface area contributed by atoms with Crippen LogP contribution in [-0.4, -0.2) is 24.4 Å². The van der Waals surface area contributed by atoms with Crippen LogP contribution >= 0.6 is 15.9 Å². The molecule has 0 spiro atoms. The quantitative estimate of drug-likeness (QED) is 0.364. The Hall–Kier alpha value is -2.79. The highest BCUT2D eigenvalue weighted by Gasteiger charge is 2.23. The highest BCUT2D eigenvalue weighted by molar-refractivity contribution is 9.10. The number of aromatic nitrogens is 1. The van der Waals surface area contributed by atoms with Crippen LogP contribution in [0.1, 0.15) is 12.5 Å². The van der Waals surface area contributed by atoms with E-state index < -0.39 is 0 Å². The molecule has 0 atom stereocenters. The lowest BCUT2D eigenvalue weighted by Gasteiger charge is -2.15. The largest absolute Gasteiger partial charge is 0.496 e. The highest BCUT2D eigenvalue weighted by atomic mass is 79.9. The van der Waals surface area contributed by atoms with E-state index in [-0.39, 0.29) is 6.09 Å². The summed E-state index contributed by atoms with van der Waals surface area (Å²) in [5.41, 5.74) is 4.61.